The summed E-state index contributed by atoms with van der Waals surface area (Å²) in [5.41, 5.74) is -1.98. The second kappa shape index (κ2) is 5.42. The van der Waals surface area contributed by atoms with E-state index in [1.54, 1.807) is 0 Å². The normalized spacial score (nSPS) is 16.9. The number of carbonyl (C=O) groups excluding carboxylic acids is 1. The van der Waals surface area contributed by atoms with Crippen LogP contribution >= 0.6 is 0 Å². The van der Waals surface area contributed by atoms with E-state index in [1.807, 2.05) is 6.92 Å². The first-order valence-corrected chi connectivity index (χ1v) is 6.44. The van der Waals surface area contributed by atoms with Crippen LogP contribution in [0.1, 0.15) is 35.7 Å². The molecule has 1 saturated carbocycles. The monoisotopic (exact) mass is 289 g/mol. The van der Waals surface area contributed by atoms with Crippen molar-refractivity contribution in [2.45, 2.75) is 25.9 Å². The zero-order valence-corrected chi connectivity index (χ0v) is 10.9. The van der Waals surface area contributed by atoms with E-state index in [0.717, 1.165) is 25.0 Å². The summed E-state index contributed by atoms with van der Waals surface area (Å²) in [5, 5.41) is 2.49. The molecule has 1 atom stereocenters. The van der Waals surface area contributed by atoms with Crippen LogP contribution in [0.4, 0.5) is 17.6 Å². The Balaban J connectivity index is 2.09. The first-order valence-electron chi connectivity index (χ1n) is 6.44. The van der Waals surface area contributed by atoms with Gasteiger partial charge in [0.05, 0.1) is 11.1 Å². The van der Waals surface area contributed by atoms with Crippen molar-refractivity contribution in [1.82, 2.24) is 5.32 Å². The molecule has 20 heavy (non-hydrogen) atoms. The van der Waals surface area contributed by atoms with Crippen molar-refractivity contribution >= 4 is 5.91 Å². The van der Waals surface area contributed by atoms with Crippen molar-refractivity contribution in [2.75, 3.05) is 6.54 Å². The van der Waals surface area contributed by atoms with Crippen molar-refractivity contribution in [3.05, 3.63) is 35.1 Å². The predicted molar refractivity (Wildman–Crippen MR) is 65.6 cm³/mol. The Morgan fingerprint density at radius 1 is 1.40 bits per heavy atom. The van der Waals surface area contributed by atoms with Crippen molar-refractivity contribution in [2.24, 2.45) is 11.8 Å². The van der Waals surface area contributed by atoms with Crippen LogP contribution in [0.25, 0.3) is 0 Å². The van der Waals surface area contributed by atoms with Gasteiger partial charge in [-0.1, -0.05) is 13.0 Å². The van der Waals surface area contributed by atoms with Crippen LogP contribution in [0.3, 0.4) is 0 Å². The van der Waals surface area contributed by atoms with Crippen LogP contribution in [-0.2, 0) is 6.18 Å². The fourth-order valence-corrected chi connectivity index (χ4v) is 2.11. The van der Waals surface area contributed by atoms with Crippen molar-refractivity contribution in [1.29, 1.82) is 0 Å². The molecule has 6 heteroatoms. The largest absolute Gasteiger partial charge is 0.419 e. The lowest BCUT2D eigenvalue weighted by molar-refractivity contribution is -0.140. The number of alkyl halides is 3. The van der Waals surface area contributed by atoms with E-state index in [0.29, 0.717) is 18.5 Å². The predicted octanol–water partition coefficient (Wildman–Crippen LogP) is 3.62. The maximum atomic E-state index is 13.7. The minimum Gasteiger partial charge on any atom is -0.352 e. The number of hydrogen-bond donors (Lipinski definition) is 1. The highest BCUT2D eigenvalue weighted by Crippen LogP contribution is 2.36. The van der Waals surface area contributed by atoms with Gasteiger partial charge in [-0.2, -0.15) is 13.2 Å². The fraction of sp³-hybridized carbons (Fsp3) is 0.500. The third-order valence-corrected chi connectivity index (χ3v) is 3.56. The third kappa shape index (κ3) is 3.29. The van der Waals surface area contributed by atoms with E-state index in [-0.39, 0.29) is 5.92 Å². The van der Waals surface area contributed by atoms with Crippen LogP contribution in [0, 0.1) is 17.7 Å². The van der Waals surface area contributed by atoms with Crippen LogP contribution in [0.15, 0.2) is 18.2 Å². The summed E-state index contributed by atoms with van der Waals surface area (Å²) >= 11 is 0. The van der Waals surface area contributed by atoms with E-state index in [1.165, 1.54) is 0 Å². The second-order valence-electron chi connectivity index (χ2n) is 5.19. The SMILES string of the molecule is CC(CNC(=O)c1cccc(C(F)(F)F)c1F)C1CC1. The lowest BCUT2D eigenvalue weighted by Gasteiger charge is -2.13. The molecule has 1 aliphatic carbocycles. The van der Waals surface area contributed by atoms with E-state index < -0.39 is 29.0 Å². The molecule has 2 rings (SSSR count). The molecule has 1 aromatic carbocycles. The summed E-state index contributed by atoms with van der Waals surface area (Å²) < 4.78 is 51.4. The van der Waals surface area contributed by atoms with Gasteiger partial charge in [0.25, 0.3) is 5.91 Å². The zero-order valence-electron chi connectivity index (χ0n) is 10.9. The summed E-state index contributed by atoms with van der Waals surface area (Å²) in [6.45, 7) is 2.31. The lowest BCUT2D eigenvalue weighted by atomic mass is 10.1. The molecule has 0 bridgehead atoms. The van der Waals surface area contributed by atoms with Gasteiger partial charge in [-0.25, -0.2) is 4.39 Å². The number of halogens is 4. The smallest absolute Gasteiger partial charge is 0.352 e. The number of nitrogens with one attached hydrogen (secondary N) is 1. The lowest BCUT2D eigenvalue weighted by Crippen LogP contribution is -2.30. The Hall–Kier alpha value is -1.59. The summed E-state index contributed by atoms with van der Waals surface area (Å²) in [7, 11) is 0. The molecule has 0 saturated heterocycles. The molecule has 0 radical (unpaired) electrons. The fourth-order valence-electron chi connectivity index (χ4n) is 2.11. The molecular formula is C14H15F4NO. The van der Waals surface area contributed by atoms with E-state index in [9.17, 15) is 22.4 Å². The Morgan fingerprint density at radius 3 is 2.60 bits per heavy atom. The molecule has 110 valence electrons. The molecule has 1 N–H and O–H groups in total. The molecule has 0 heterocycles. The van der Waals surface area contributed by atoms with Gasteiger partial charge >= 0.3 is 6.18 Å². The first kappa shape index (κ1) is 14.8. The number of carbonyl (C=O) groups is 1. The Labute approximate surface area is 114 Å². The number of benzene rings is 1. The second-order valence-corrected chi connectivity index (χ2v) is 5.19. The van der Waals surface area contributed by atoms with Gasteiger partial charge in [0.15, 0.2) is 0 Å². The van der Waals surface area contributed by atoms with Gasteiger partial charge in [0.2, 0.25) is 0 Å². The maximum Gasteiger partial charge on any atom is 0.419 e. The summed E-state index contributed by atoms with van der Waals surface area (Å²) in [6.07, 6.45) is -2.59. The van der Waals surface area contributed by atoms with Crippen LogP contribution in [0.5, 0.6) is 0 Å². The highest BCUT2D eigenvalue weighted by Gasteiger charge is 2.35. The molecule has 1 aliphatic rings. The highest BCUT2D eigenvalue weighted by atomic mass is 19.4. The minimum absolute atomic E-state index is 0.257. The van der Waals surface area contributed by atoms with Crippen molar-refractivity contribution in [3.63, 3.8) is 0 Å². The van der Waals surface area contributed by atoms with Gasteiger partial charge in [-0.05, 0) is 36.8 Å². The minimum atomic E-state index is -4.80. The van der Waals surface area contributed by atoms with Crippen LogP contribution in [0.2, 0.25) is 0 Å². The summed E-state index contributed by atoms with van der Waals surface area (Å²) in [4.78, 5) is 11.8. The number of amides is 1. The van der Waals surface area contributed by atoms with E-state index in [2.05, 4.69) is 5.32 Å². The van der Waals surface area contributed by atoms with E-state index in [4.69, 9.17) is 0 Å². The van der Waals surface area contributed by atoms with Gasteiger partial charge < -0.3 is 5.32 Å². The average Bonchev–Trinajstić information content (AvgIpc) is 3.18. The Morgan fingerprint density at radius 2 is 2.05 bits per heavy atom. The van der Waals surface area contributed by atoms with Gasteiger partial charge in [-0.15, -0.1) is 0 Å². The average molecular weight is 289 g/mol. The molecule has 2 nitrogen and oxygen atoms in total. The van der Waals surface area contributed by atoms with Crippen LogP contribution < -0.4 is 5.32 Å². The molecule has 0 spiro atoms. The maximum absolute atomic E-state index is 13.7. The van der Waals surface area contributed by atoms with Gasteiger partial charge in [0, 0.05) is 6.54 Å². The Bertz CT molecular complexity index is 508. The van der Waals surface area contributed by atoms with E-state index >= 15 is 0 Å². The topological polar surface area (TPSA) is 29.1 Å². The van der Waals surface area contributed by atoms with Crippen molar-refractivity contribution in [3.8, 4) is 0 Å². The third-order valence-electron chi connectivity index (χ3n) is 3.56. The quantitative estimate of drug-likeness (QED) is 0.843. The Kier molecular flexibility index (Phi) is 4.01. The first-order chi connectivity index (χ1) is 9.30. The summed E-state index contributed by atoms with van der Waals surface area (Å²) in [6, 6.07) is 2.71. The van der Waals surface area contributed by atoms with Gasteiger partial charge in [0.1, 0.15) is 5.82 Å². The zero-order chi connectivity index (χ0) is 14.9. The van der Waals surface area contributed by atoms with Crippen LogP contribution in [-0.4, -0.2) is 12.5 Å². The molecule has 0 aliphatic heterocycles. The van der Waals surface area contributed by atoms with Gasteiger partial charge in [-0.3, -0.25) is 4.79 Å². The summed E-state index contributed by atoms with van der Waals surface area (Å²) in [5.74, 6) is -1.51. The highest BCUT2D eigenvalue weighted by molar-refractivity contribution is 5.94. The molecule has 1 unspecified atom stereocenters. The molecule has 1 amide bonds. The molecule has 1 fully saturated rings. The van der Waals surface area contributed by atoms with Crippen molar-refractivity contribution < 1.29 is 22.4 Å². The molecule has 1 aromatic rings. The number of rotatable bonds is 4. The number of hydrogen-bond acceptors (Lipinski definition) is 1. The molecular weight excluding hydrogens is 274 g/mol. The standard InChI is InChI=1S/C14H15F4NO/c1-8(9-5-6-9)7-19-13(20)10-3-2-4-11(12(10)15)14(16,17)18/h2-4,8-9H,5-7H2,1H3,(H,19,20). The molecule has 0 aromatic heterocycles.